The van der Waals surface area contributed by atoms with Crippen molar-refractivity contribution in [3.63, 3.8) is 0 Å². The molecule has 3 aromatic carbocycles. The number of hydrogen-bond acceptors (Lipinski definition) is 6. The van der Waals surface area contributed by atoms with E-state index in [1.54, 1.807) is 51.7 Å². The van der Waals surface area contributed by atoms with Gasteiger partial charge < -0.3 is 23.7 Å². The minimum absolute atomic E-state index is 0.352. The molecule has 0 heterocycles. The van der Waals surface area contributed by atoms with Gasteiger partial charge in [0, 0.05) is 22.3 Å². The predicted molar refractivity (Wildman–Crippen MR) is 129 cm³/mol. The molecule has 0 aliphatic carbocycles. The largest absolute Gasteiger partial charge is 0.496 e. The summed E-state index contributed by atoms with van der Waals surface area (Å²) in [6, 6.07) is 16.3. The molecular formula is C28H24O6. The number of hydrogen-bond donors (Lipinski definition) is 0. The highest BCUT2D eigenvalue weighted by molar-refractivity contribution is 5.92. The Bertz CT molecular complexity index is 1280. The summed E-state index contributed by atoms with van der Waals surface area (Å²) >= 11 is 0. The highest BCUT2D eigenvalue weighted by Gasteiger charge is 2.13. The third kappa shape index (κ3) is 5.62. The quantitative estimate of drug-likeness (QED) is 0.421. The fourth-order valence-electron chi connectivity index (χ4n) is 3.13. The lowest BCUT2D eigenvalue weighted by Crippen LogP contribution is -2.04. The van der Waals surface area contributed by atoms with Crippen LogP contribution in [0.2, 0.25) is 0 Å². The summed E-state index contributed by atoms with van der Waals surface area (Å²) in [5, 5.41) is 0. The van der Waals surface area contributed by atoms with Gasteiger partial charge in [-0.05, 0) is 54.6 Å². The van der Waals surface area contributed by atoms with Crippen molar-refractivity contribution < 1.29 is 28.5 Å². The lowest BCUT2D eigenvalue weighted by Gasteiger charge is -2.12. The Morgan fingerprint density at radius 2 is 1.00 bits per heavy atom. The Balaban J connectivity index is 1.79. The van der Waals surface area contributed by atoms with E-state index in [-0.39, 0.29) is 0 Å². The zero-order valence-electron chi connectivity index (χ0n) is 19.6. The average molecular weight is 456 g/mol. The lowest BCUT2D eigenvalue weighted by molar-refractivity contribution is 0.0597. The molecule has 0 unspecified atom stereocenters. The number of rotatable bonds is 5. The minimum Gasteiger partial charge on any atom is -0.496 e. The first kappa shape index (κ1) is 24.1. The number of carbonyl (C=O) groups is 1. The van der Waals surface area contributed by atoms with Crippen LogP contribution >= 0.6 is 0 Å². The monoisotopic (exact) mass is 456 g/mol. The fraction of sp³-hybridized carbons (Fsp3) is 0.179. The van der Waals surface area contributed by atoms with Crippen molar-refractivity contribution in [2.24, 2.45) is 0 Å². The summed E-state index contributed by atoms with van der Waals surface area (Å²) in [7, 11) is 7.52. The van der Waals surface area contributed by atoms with Crippen LogP contribution in [0.25, 0.3) is 0 Å². The molecule has 0 N–H and O–H groups in total. The topological polar surface area (TPSA) is 63.2 Å². The van der Waals surface area contributed by atoms with Crippen molar-refractivity contribution in [1.29, 1.82) is 0 Å². The van der Waals surface area contributed by atoms with E-state index >= 15 is 0 Å². The molecule has 0 aliphatic rings. The number of ether oxygens (including phenoxy) is 5. The van der Waals surface area contributed by atoms with Gasteiger partial charge in [0.25, 0.3) is 0 Å². The van der Waals surface area contributed by atoms with Crippen LogP contribution in [0, 0.1) is 23.7 Å². The standard InChI is InChI=1S/C28H24O6/c1-30-24-16-21(14-15-23(24)28(29)34-5)12-10-19-6-8-20(9-7-19)11-13-22-17-25(31-2)27(33-4)26(18-22)32-3/h6-9,14-18H,1-5H3. The van der Waals surface area contributed by atoms with Crippen molar-refractivity contribution >= 4 is 5.97 Å². The molecule has 0 atom stereocenters. The number of esters is 1. The third-order valence-electron chi connectivity index (χ3n) is 4.86. The van der Waals surface area contributed by atoms with Crippen LogP contribution in [0.15, 0.2) is 54.6 Å². The van der Waals surface area contributed by atoms with E-state index < -0.39 is 5.97 Å². The SMILES string of the molecule is COC(=O)c1ccc(C#Cc2ccc(C#Cc3cc(OC)c(OC)c(OC)c3)cc2)cc1OC. The van der Waals surface area contributed by atoms with E-state index in [1.165, 1.54) is 14.2 Å². The zero-order chi connectivity index (χ0) is 24.5. The maximum atomic E-state index is 11.8. The summed E-state index contributed by atoms with van der Waals surface area (Å²) in [4.78, 5) is 11.8. The van der Waals surface area contributed by atoms with Crippen LogP contribution in [-0.4, -0.2) is 41.5 Å². The molecule has 0 radical (unpaired) electrons. The second kappa shape index (κ2) is 11.4. The molecule has 34 heavy (non-hydrogen) atoms. The van der Waals surface area contributed by atoms with Gasteiger partial charge in [0.15, 0.2) is 11.5 Å². The molecule has 6 nitrogen and oxygen atoms in total. The lowest BCUT2D eigenvalue weighted by atomic mass is 10.1. The van der Waals surface area contributed by atoms with Crippen LogP contribution in [0.1, 0.15) is 32.6 Å². The van der Waals surface area contributed by atoms with E-state index in [0.29, 0.717) is 28.6 Å². The molecule has 0 spiro atoms. The van der Waals surface area contributed by atoms with Gasteiger partial charge in [-0.25, -0.2) is 4.79 Å². The second-order valence-electron chi connectivity index (χ2n) is 6.90. The first-order valence-corrected chi connectivity index (χ1v) is 10.2. The Morgan fingerprint density at radius 3 is 1.47 bits per heavy atom. The minimum atomic E-state index is -0.459. The van der Waals surface area contributed by atoms with Gasteiger partial charge in [0.2, 0.25) is 5.75 Å². The van der Waals surface area contributed by atoms with Gasteiger partial charge in [-0.1, -0.05) is 23.7 Å². The molecule has 172 valence electrons. The van der Waals surface area contributed by atoms with Crippen LogP contribution in [0.3, 0.4) is 0 Å². The third-order valence-corrected chi connectivity index (χ3v) is 4.86. The summed E-state index contributed by atoms with van der Waals surface area (Å²) in [6.07, 6.45) is 0. The molecule has 0 saturated heterocycles. The van der Waals surface area contributed by atoms with Crippen molar-refractivity contribution in [3.8, 4) is 46.7 Å². The average Bonchev–Trinajstić information content (AvgIpc) is 2.89. The first-order valence-electron chi connectivity index (χ1n) is 10.2. The molecule has 3 aromatic rings. The number of methoxy groups -OCH3 is 5. The summed E-state index contributed by atoms with van der Waals surface area (Å²) in [5.74, 6) is 14.0. The van der Waals surface area contributed by atoms with Crippen molar-refractivity contribution in [1.82, 2.24) is 0 Å². The molecule has 6 heteroatoms. The maximum absolute atomic E-state index is 11.8. The highest BCUT2D eigenvalue weighted by atomic mass is 16.5. The maximum Gasteiger partial charge on any atom is 0.341 e. The molecule has 0 aromatic heterocycles. The van der Waals surface area contributed by atoms with E-state index in [9.17, 15) is 4.79 Å². The molecular weight excluding hydrogens is 432 g/mol. The van der Waals surface area contributed by atoms with E-state index in [1.807, 2.05) is 24.3 Å². The molecule has 0 amide bonds. The second-order valence-corrected chi connectivity index (χ2v) is 6.90. The van der Waals surface area contributed by atoms with E-state index in [2.05, 4.69) is 23.7 Å². The Labute approximate surface area is 199 Å². The van der Waals surface area contributed by atoms with Gasteiger partial charge in [0.05, 0.1) is 35.5 Å². The highest BCUT2D eigenvalue weighted by Crippen LogP contribution is 2.37. The van der Waals surface area contributed by atoms with Gasteiger partial charge in [-0.15, -0.1) is 0 Å². The van der Waals surface area contributed by atoms with Crippen LogP contribution < -0.4 is 18.9 Å². The van der Waals surface area contributed by atoms with E-state index in [4.69, 9.17) is 23.7 Å². The smallest absolute Gasteiger partial charge is 0.341 e. The van der Waals surface area contributed by atoms with Crippen molar-refractivity contribution in [3.05, 3.63) is 82.4 Å². The van der Waals surface area contributed by atoms with Crippen LogP contribution in [-0.2, 0) is 4.74 Å². The zero-order valence-corrected chi connectivity index (χ0v) is 19.6. The Kier molecular flexibility index (Phi) is 8.05. The van der Waals surface area contributed by atoms with Gasteiger partial charge in [-0.2, -0.15) is 0 Å². The van der Waals surface area contributed by atoms with Gasteiger partial charge in [0.1, 0.15) is 11.3 Å². The van der Waals surface area contributed by atoms with Crippen LogP contribution in [0.5, 0.6) is 23.0 Å². The predicted octanol–water partition coefficient (Wildman–Crippen LogP) is 4.31. The van der Waals surface area contributed by atoms with Crippen molar-refractivity contribution in [2.75, 3.05) is 35.5 Å². The molecule has 3 rings (SSSR count). The van der Waals surface area contributed by atoms with E-state index in [0.717, 1.165) is 22.3 Å². The number of benzene rings is 3. The summed E-state index contributed by atoms with van der Waals surface area (Å²) in [6.45, 7) is 0. The molecule has 0 fully saturated rings. The van der Waals surface area contributed by atoms with Gasteiger partial charge >= 0.3 is 5.97 Å². The molecule has 0 saturated carbocycles. The van der Waals surface area contributed by atoms with Crippen molar-refractivity contribution in [2.45, 2.75) is 0 Å². The molecule has 0 aliphatic heterocycles. The van der Waals surface area contributed by atoms with Crippen LogP contribution in [0.4, 0.5) is 0 Å². The Morgan fingerprint density at radius 1 is 0.559 bits per heavy atom. The fourth-order valence-corrected chi connectivity index (χ4v) is 3.13. The summed E-state index contributed by atoms with van der Waals surface area (Å²) < 4.78 is 26.1. The number of carbonyl (C=O) groups excluding carboxylic acids is 1. The Hall–Kier alpha value is -4.55. The summed E-state index contributed by atoms with van der Waals surface area (Å²) in [5.41, 5.74) is 3.47. The normalized spacial score (nSPS) is 9.56. The van der Waals surface area contributed by atoms with Gasteiger partial charge in [-0.3, -0.25) is 0 Å². The first-order chi connectivity index (χ1) is 16.5. The molecule has 0 bridgehead atoms.